The van der Waals surface area contributed by atoms with Gasteiger partial charge in [-0.05, 0) is 23.8 Å². The van der Waals surface area contributed by atoms with Gasteiger partial charge in [-0.2, -0.15) is 0 Å². The molecule has 3 N–H and O–H groups in total. The quantitative estimate of drug-likeness (QED) is 0.545. The van der Waals surface area contributed by atoms with E-state index in [0.29, 0.717) is 11.8 Å². The number of carbonyl (C=O) groups is 2. The number of nitrogens with two attached hydrogens (primary N) is 1. The minimum absolute atomic E-state index is 0.0868. The number of amides is 1. The molecule has 0 heterocycles. The third-order valence-corrected chi connectivity index (χ3v) is 1.62. The van der Waals surface area contributed by atoms with E-state index in [1.807, 2.05) is 0 Å². The third-order valence-electron chi connectivity index (χ3n) is 1.62. The molecule has 72 valence electrons. The van der Waals surface area contributed by atoms with Crippen LogP contribution in [0, 0.1) is 0 Å². The Labute approximate surface area is 80.7 Å². The van der Waals surface area contributed by atoms with E-state index in [2.05, 4.69) is 0 Å². The van der Waals surface area contributed by atoms with E-state index in [1.54, 1.807) is 6.07 Å². The van der Waals surface area contributed by atoms with Gasteiger partial charge in [0, 0.05) is 6.08 Å². The SMILES string of the molecule is NC(=O)/C=C/c1ccc(O)c(C=O)c1. The second kappa shape index (κ2) is 4.23. The maximum Gasteiger partial charge on any atom is 0.241 e. The monoisotopic (exact) mass is 191 g/mol. The van der Waals surface area contributed by atoms with Gasteiger partial charge in [0.15, 0.2) is 6.29 Å². The predicted molar refractivity (Wildman–Crippen MR) is 51.7 cm³/mol. The molecule has 0 unspecified atom stereocenters. The number of phenols is 1. The normalized spacial score (nSPS) is 10.3. The van der Waals surface area contributed by atoms with Crippen LogP contribution in [0.5, 0.6) is 5.75 Å². The molecule has 0 bridgehead atoms. The van der Waals surface area contributed by atoms with Gasteiger partial charge in [-0.1, -0.05) is 6.07 Å². The first-order valence-corrected chi connectivity index (χ1v) is 3.89. The fraction of sp³-hybridized carbons (Fsp3) is 0. The second-order valence-electron chi connectivity index (χ2n) is 2.67. The van der Waals surface area contributed by atoms with Crippen molar-refractivity contribution in [2.45, 2.75) is 0 Å². The summed E-state index contributed by atoms with van der Waals surface area (Å²) >= 11 is 0. The molecule has 0 radical (unpaired) electrons. The minimum atomic E-state index is -0.564. The molecule has 0 aliphatic carbocycles. The van der Waals surface area contributed by atoms with Crippen LogP contribution < -0.4 is 5.73 Å². The van der Waals surface area contributed by atoms with E-state index >= 15 is 0 Å². The number of phenolic OH excluding ortho intramolecular Hbond substituents is 1. The van der Waals surface area contributed by atoms with Crippen LogP contribution in [0.15, 0.2) is 24.3 Å². The Balaban J connectivity index is 3.01. The van der Waals surface area contributed by atoms with E-state index in [0.717, 1.165) is 0 Å². The lowest BCUT2D eigenvalue weighted by Gasteiger charge is -1.97. The van der Waals surface area contributed by atoms with Gasteiger partial charge in [-0.25, -0.2) is 0 Å². The zero-order valence-electron chi connectivity index (χ0n) is 7.31. The highest BCUT2D eigenvalue weighted by molar-refractivity contribution is 5.90. The standard InChI is InChI=1S/C10H9NO3/c11-10(14)4-2-7-1-3-9(13)8(5-7)6-12/h1-6,13H,(H2,11,14)/b4-2+. The molecule has 1 aromatic rings. The Morgan fingerprint density at radius 3 is 2.71 bits per heavy atom. The summed E-state index contributed by atoms with van der Waals surface area (Å²) in [6.07, 6.45) is 3.19. The number of aromatic hydroxyl groups is 1. The van der Waals surface area contributed by atoms with Crippen molar-refractivity contribution < 1.29 is 14.7 Å². The van der Waals surface area contributed by atoms with Crippen LogP contribution in [0.25, 0.3) is 6.08 Å². The number of benzene rings is 1. The Hall–Kier alpha value is -2.10. The maximum absolute atomic E-state index is 10.4. The van der Waals surface area contributed by atoms with Crippen LogP contribution in [0.2, 0.25) is 0 Å². The Morgan fingerprint density at radius 1 is 1.43 bits per heavy atom. The summed E-state index contributed by atoms with van der Waals surface area (Å²) in [5.41, 5.74) is 5.70. The molecule has 1 rings (SSSR count). The molecule has 1 amide bonds. The van der Waals surface area contributed by atoms with Crippen LogP contribution in [0.1, 0.15) is 15.9 Å². The zero-order chi connectivity index (χ0) is 10.6. The number of hydrogen-bond donors (Lipinski definition) is 2. The second-order valence-corrected chi connectivity index (χ2v) is 2.67. The van der Waals surface area contributed by atoms with Crippen molar-refractivity contribution in [2.75, 3.05) is 0 Å². The molecule has 4 heteroatoms. The molecule has 1 aromatic carbocycles. The topological polar surface area (TPSA) is 80.4 Å². The summed E-state index contributed by atoms with van der Waals surface area (Å²) < 4.78 is 0. The largest absolute Gasteiger partial charge is 0.507 e. The van der Waals surface area contributed by atoms with Gasteiger partial charge in [-0.15, -0.1) is 0 Å². The molecule has 0 aromatic heterocycles. The van der Waals surface area contributed by atoms with Gasteiger partial charge in [0.1, 0.15) is 5.75 Å². The van der Waals surface area contributed by atoms with Gasteiger partial charge in [-0.3, -0.25) is 9.59 Å². The first kappa shape index (κ1) is 9.98. The summed E-state index contributed by atoms with van der Waals surface area (Å²) in [5.74, 6) is -0.651. The summed E-state index contributed by atoms with van der Waals surface area (Å²) in [6.45, 7) is 0. The number of aldehydes is 1. The molecule has 0 spiro atoms. The predicted octanol–water partition coefficient (Wildman–Crippen LogP) is 0.703. The maximum atomic E-state index is 10.4. The van der Waals surface area contributed by atoms with Crippen molar-refractivity contribution in [2.24, 2.45) is 5.73 Å². The van der Waals surface area contributed by atoms with Gasteiger partial charge >= 0.3 is 0 Å². The van der Waals surface area contributed by atoms with E-state index in [4.69, 9.17) is 10.8 Å². The average molecular weight is 191 g/mol. The Bertz CT molecular complexity index is 396. The molecule has 0 aliphatic rings. The fourth-order valence-corrected chi connectivity index (χ4v) is 0.949. The van der Waals surface area contributed by atoms with Crippen molar-refractivity contribution in [1.82, 2.24) is 0 Å². The van der Waals surface area contributed by atoms with Crippen molar-refractivity contribution in [3.05, 3.63) is 35.4 Å². The van der Waals surface area contributed by atoms with Crippen molar-refractivity contribution in [1.29, 1.82) is 0 Å². The van der Waals surface area contributed by atoms with Crippen LogP contribution in [-0.4, -0.2) is 17.3 Å². The fourth-order valence-electron chi connectivity index (χ4n) is 0.949. The van der Waals surface area contributed by atoms with Crippen LogP contribution in [0.4, 0.5) is 0 Å². The highest BCUT2D eigenvalue weighted by Crippen LogP contribution is 2.16. The first-order valence-electron chi connectivity index (χ1n) is 3.89. The van der Waals surface area contributed by atoms with Crippen LogP contribution in [-0.2, 0) is 4.79 Å². The summed E-state index contributed by atoms with van der Waals surface area (Å²) in [6, 6.07) is 4.41. The highest BCUT2D eigenvalue weighted by atomic mass is 16.3. The van der Waals surface area contributed by atoms with E-state index in [9.17, 15) is 9.59 Å². The molecule has 0 saturated heterocycles. The van der Waals surface area contributed by atoms with Gasteiger partial charge in [0.05, 0.1) is 5.56 Å². The van der Waals surface area contributed by atoms with Gasteiger partial charge in [0.25, 0.3) is 0 Å². The lowest BCUT2D eigenvalue weighted by Crippen LogP contribution is -2.05. The molecule has 0 aliphatic heterocycles. The number of carbonyl (C=O) groups excluding carboxylic acids is 2. The van der Waals surface area contributed by atoms with Crippen molar-refractivity contribution in [3.8, 4) is 5.75 Å². The first-order chi connectivity index (χ1) is 6.63. The third kappa shape index (κ3) is 2.45. The highest BCUT2D eigenvalue weighted by Gasteiger charge is 1.99. The molecular formula is C10H9NO3. The molecule has 4 nitrogen and oxygen atoms in total. The summed E-state index contributed by atoms with van der Waals surface area (Å²) in [5, 5.41) is 9.17. The van der Waals surface area contributed by atoms with E-state index in [1.165, 1.54) is 24.3 Å². The van der Waals surface area contributed by atoms with E-state index < -0.39 is 5.91 Å². The summed E-state index contributed by atoms with van der Waals surface area (Å²) in [4.78, 5) is 20.9. The van der Waals surface area contributed by atoms with E-state index in [-0.39, 0.29) is 11.3 Å². The van der Waals surface area contributed by atoms with Crippen molar-refractivity contribution >= 4 is 18.3 Å². The Kier molecular flexibility index (Phi) is 3.01. The average Bonchev–Trinajstić information content (AvgIpc) is 2.16. The zero-order valence-corrected chi connectivity index (χ0v) is 7.31. The summed E-state index contributed by atoms with van der Waals surface area (Å²) in [7, 11) is 0. The molecule has 14 heavy (non-hydrogen) atoms. The van der Waals surface area contributed by atoms with Crippen LogP contribution in [0.3, 0.4) is 0 Å². The lowest BCUT2D eigenvalue weighted by molar-refractivity contribution is -0.113. The molecule has 0 saturated carbocycles. The Morgan fingerprint density at radius 2 is 2.14 bits per heavy atom. The van der Waals surface area contributed by atoms with Crippen molar-refractivity contribution in [3.63, 3.8) is 0 Å². The smallest absolute Gasteiger partial charge is 0.241 e. The van der Waals surface area contributed by atoms with Gasteiger partial charge in [0.2, 0.25) is 5.91 Å². The molecule has 0 atom stereocenters. The van der Waals surface area contributed by atoms with Crippen LogP contribution >= 0.6 is 0 Å². The van der Waals surface area contributed by atoms with Gasteiger partial charge < -0.3 is 10.8 Å². The number of rotatable bonds is 3. The number of primary amides is 1. The molecular weight excluding hydrogens is 182 g/mol. The minimum Gasteiger partial charge on any atom is -0.507 e. The number of hydrogen-bond acceptors (Lipinski definition) is 3. The lowest BCUT2D eigenvalue weighted by atomic mass is 10.1. The molecule has 0 fully saturated rings.